The zero-order chi connectivity index (χ0) is 16.7. The highest BCUT2D eigenvalue weighted by atomic mass is 16.5. The summed E-state index contributed by atoms with van der Waals surface area (Å²) in [5.41, 5.74) is 0.396. The molecule has 1 rings (SSSR count). The molecule has 3 N–H and O–H groups in total. The van der Waals surface area contributed by atoms with Crippen LogP contribution >= 0.6 is 0 Å². The van der Waals surface area contributed by atoms with Gasteiger partial charge in [0.1, 0.15) is 17.5 Å². The molecule has 0 aliphatic rings. The maximum atomic E-state index is 12.0. The van der Waals surface area contributed by atoms with Crippen LogP contribution in [0.5, 0.6) is 11.5 Å². The Morgan fingerprint density at radius 1 is 1.27 bits per heavy atom. The smallest absolute Gasteiger partial charge is 0.326 e. The van der Waals surface area contributed by atoms with E-state index < -0.39 is 18.0 Å². The van der Waals surface area contributed by atoms with Gasteiger partial charge in [-0.2, -0.15) is 0 Å². The van der Waals surface area contributed by atoms with E-state index in [1.54, 1.807) is 25.1 Å². The number of carboxylic acids is 1. The first-order valence-electron chi connectivity index (χ1n) is 6.95. The lowest BCUT2D eigenvalue weighted by Crippen LogP contribution is -2.46. The summed E-state index contributed by atoms with van der Waals surface area (Å²) in [5, 5.41) is 14.2. The Labute approximate surface area is 129 Å². The summed E-state index contributed by atoms with van der Waals surface area (Å²) in [5.74, 6) is -0.253. The predicted octanol–water partition coefficient (Wildman–Crippen LogP) is 2.32. The molecule has 0 bridgehead atoms. The van der Waals surface area contributed by atoms with Crippen LogP contribution in [0.15, 0.2) is 18.2 Å². The Morgan fingerprint density at radius 2 is 1.95 bits per heavy atom. The third-order valence-electron chi connectivity index (χ3n) is 3.42. The second-order valence-electron chi connectivity index (χ2n) is 4.87. The average molecular weight is 310 g/mol. The molecule has 0 saturated carbocycles. The van der Waals surface area contributed by atoms with Gasteiger partial charge in [-0.25, -0.2) is 9.59 Å². The summed E-state index contributed by atoms with van der Waals surface area (Å²) in [6.45, 7) is 3.64. The third-order valence-corrected chi connectivity index (χ3v) is 3.42. The van der Waals surface area contributed by atoms with Crippen molar-refractivity contribution in [1.29, 1.82) is 0 Å². The van der Waals surface area contributed by atoms with Gasteiger partial charge in [-0.15, -0.1) is 0 Å². The standard InChI is InChI=1S/C15H22N2O5/c1-5-9(2)13(14(18)19)17-15(20)16-11-8-10(21-3)6-7-12(11)22-4/h6-9,13H,5H2,1-4H3,(H,18,19)(H2,16,17,20)/t9?,13-/m0/s1. The van der Waals surface area contributed by atoms with Gasteiger partial charge in [0.2, 0.25) is 0 Å². The van der Waals surface area contributed by atoms with Crippen molar-refractivity contribution in [1.82, 2.24) is 5.32 Å². The molecule has 22 heavy (non-hydrogen) atoms. The number of hydrogen-bond donors (Lipinski definition) is 3. The van der Waals surface area contributed by atoms with E-state index >= 15 is 0 Å². The number of ether oxygens (including phenoxy) is 2. The predicted molar refractivity (Wildman–Crippen MR) is 82.6 cm³/mol. The monoisotopic (exact) mass is 310 g/mol. The fraction of sp³-hybridized carbons (Fsp3) is 0.467. The summed E-state index contributed by atoms with van der Waals surface area (Å²) in [6.07, 6.45) is 0.639. The SMILES string of the molecule is CCC(C)[C@H](NC(=O)Nc1cc(OC)ccc1OC)C(=O)O. The molecule has 7 heteroatoms. The van der Waals surface area contributed by atoms with Gasteiger partial charge >= 0.3 is 12.0 Å². The number of nitrogens with one attached hydrogen (secondary N) is 2. The largest absolute Gasteiger partial charge is 0.497 e. The molecule has 0 aliphatic heterocycles. The van der Waals surface area contributed by atoms with Crippen molar-refractivity contribution in [2.24, 2.45) is 5.92 Å². The van der Waals surface area contributed by atoms with Gasteiger partial charge < -0.3 is 25.2 Å². The number of carboxylic acid groups (broad SMARTS) is 1. The zero-order valence-electron chi connectivity index (χ0n) is 13.2. The van der Waals surface area contributed by atoms with E-state index in [2.05, 4.69) is 10.6 Å². The molecule has 0 fully saturated rings. The molecule has 0 spiro atoms. The van der Waals surface area contributed by atoms with Crippen LogP contribution in [0.3, 0.4) is 0 Å². The van der Waals surface area contributed by atoms with Gasteiger partial charge in [-0.3, -0.25) is 0 Å². The molecule has 2 amide bonds. The topological polar surface area (TPSA) is 96.9 Å². The van der Waals surface area contributed by atoms with Crippen LogP contribution in [0.1, 0.15) is 20.3 Å². The fourth-order valence-corrected chi connectivity index (χ4v) is 1.89. The van der Waals surface area contributed by atoms with Crippen LogP contribution in [-0.2, 0) is 4.79 Å². The van der Waals surface area contributed by atoms with Gasteiger partial charge in [0, 0.05) is 6.07 Å². The molecule has 0 radical (unpaired) electrons. The summed E-state index contributed by atoms with van der Waals surface area (Å²) in [6, 6.07) is 3.37. The number of benzene rings is 1. The van der Waals surface area contributed by atoms with Crippen molar-refractivity contribution in [3.63, 3.8) is 0 Å². The van der Waals surface area contributed by atoms with Crippen LogP contribution in [0.4, 0.5) is 10.5 Å². The molecule has 2 atom stereocenters. The molecule has 122 valence electrons. The number of hydrogen-bond acceptors (Lipinski definition) is 4. The molecule has 1 aromatic rings. The van der Waals surface area contributed by atoms with Crippen LogP contribution in [0.25, 0.3) is 0 Å². The number of methoxy groups -OCH3 is 2. The number of aliphatic carboxylic acids is 1. The Bertz CT molecular complexity index is 533. The number of carbonyl (C=O) groups is 2. The van der Waals surface area contributed by atoms with Crippen molar-refractivity contribution in [2.45, 2.75) is 26.3 Å². The fourth-order valence-electron chi connectivity index (χ4n) is 1.89. The van der Waals surface area contributed by atoms with E-state index in [9.17, 15) is 14.7 Å². The van der Waals surface area contributed by atoms with E-state index in [0.717, 1.165) is 0 Å². The van der Waals surface area contributed by atoms with Crippen molar-refractivity contribution in [2.75, 3.05) is 19.5 Å². The van der Waals surface area contributed by atoms with E-state index in [0.29, 0.717) is 23.6 Å². The Hall–Kier alpha value is -2.44. The number of carbonyl (C=O) groups excluding carboxylic acids is 1. The highest BCUT2D eigenvalue weighted by molar-refractivity contribution is 5.93. The molecular weight excluding hydrogens is 288 g/mol. The van der Waals surface area contributed by atoms with Crippen molar-refractivity contribution in [3.8, 4) is 11.5 Å². The maximum Gasteiger partial charge on any atom is 0.326 e. The second-order valence-corrected chi connectivity index (χ2v) is 4.87. The molecule has 1 aromatic carbocycles. The zero-order valence-corrected chi connectivity index (χ0v) is 13.2. The van der Waals surface area contributed by atoms with E-state index in [4.69, 9.17) is 9.47 Å². The minimum Gasteiger partial charge on any atom is -0.497 e. The third kappa shape index (κ3) is 4.54. The van der Waals surface area contributed by atoms with E-state index in [-0.39, 0.29) is 5.92 Å². The van der Waals surface area contributed by atoms with Crippen molar-refractivity contribution >= 4 is 17.7 Å². The van der Waals surface area contributed by atoms with Crippen LogP contribution in [0, 0.1) is 5.92 Å². The first-order chi connectivity index (χ1) is 10.4. The van der Waals surface area contributed by atoms with Gasteiger partial charge in [0.15, 0.2) is 0 Å². The van der Waals surface area contributed by atoms with Crippen LogP contribution < -0.4 is 20.1 Å². The Kier molecular flexibility index (Phi) is 6.49. The van der Waals surface area contributed by atoms with Gasteiger partial charge in [-0.05, 0) is 18.1 Å². The van der Waals surface area contributed by atoms with Crippen molar-refractivity contribution in [3.05, 3.63) is 18.2 Å². The molecule has 7 nitrogen and oxygen atoms in total. The minimum atomic E-state index is -1.07. The molecular formula is C15H22N2O5. The Balaban J connectivity index is 2.85. The first kappa shape index (κ1) is 17.6. The van der Waals surface area contributed by atoms with Gasteiger partial charge in [0.05, 0.1) is 19.9 Å². The number of urea groups is 1. The number of amides is 2. The summed E-state index contributed by atoms with van der Waals surface area (Å²) in [4.78, 5) is 23.3. The second kappa shape index (κ2) is 8.11. The molecule has 0 heterocycles. The first-order valence-corrected chi connectivity index (χ1v) is 6.95. The summed E-state index contributed by atoms with van der Waals surface area (Å²) in [7, 11) is 2.99. The number of rotatable bonds is 7. The quantitative estimate of drug-likeness (QED) is 0.718. The highest BCUT2D eigenvalue weighted by Crippen LogP contribution is 2.28. The lowest BCUT2D eigenvalue weighted by molar-refractivity contribution is -0.140. The normalized spacial score (nSPS) is 12.9. The summed E-state index contributed by atoms with van der Waals surface area (Å²) < 4.78 is 10.2. The van der Waals surface area contributed by atoms with Crippen LogP contribution in [-0.4, -0.2) is 37.4 Å². The lowest BCUT2D eigenvalue weighted by atomic mass is 9.99. The van der Waals surface area contributed by atoms with Crippen molar-refractivity contribution < 1.29 is 24.2 Å². The Morgan fingerprint density at radius 3 is 2.45 bits per heavy atom. The van der Waals surface area contributed by atoms with Gasteiger partial charge in [-0.1, -0.05) is 20.3 Å². The minimum absolute atomic E-state index is 0.185. The lowest BCUT2D eigenvalue weighted by Gasteiger charge is -2.21. The van der Waals surface area contributed by atoms with E-state index in [1.807, 2.05) is 6.92 Å². The van der Waals surface area contributed by atoms with Gasteiger partial charge in [0.25, 0.3) is 0 Å². The molecule has 0 aliphatic carbocycles. The van der Waals surface area contributed by atoms with E-state index in [1.165, 1.54) is 14.2 Å². The van der Waals surface area contributed by atoms with Crippen LogP contribution in [0.2, 0.25) is 0 Å². The molecule has 1 unspecified atom stereocenters. The highest BCUT2D eigenvalue weighted by Gasteiger charge is 2.25. The summed E-state index contributed by atoms with van der Waals surface area (Å²) >= 11 is 0. The molecule has 0 aromatic heterocycles. The average Bonchev–Trinajstić information content (AvgIpc) is 2.51. The maximum absolute atomic E-state index is 12.0. The molecule has 0 saturated heterocycles. The number of anilines is 1.